The highest BCUT2D eigenvalue weighted by atomic mass is 35.5. The van der Waals surface area contributed by atoms with Crippen molar-refractivity contribution in [3.8, 4) is 0 Å². The van der Waals surface area contributed by atoms with Crippen LogP contribution in [-0.4, -0.2) is 0 Å². The number of rotatable bonds is 2. The number of thiophene rings is 1. The highest BCUT2D eigenvalue weighted by Crippen LogP contribution is 2.34. The lowest BCUT2D eigenvalue weighted by molar-refractivity contribution is 0.604. The van der Waals surface area contributed by atoms with Crippen molar-refractivity contribution in [1.82, 2.24) is 5.43 Å². The molecule has 0 spiro atoms. The molecule has 1 heterocycles. The van der Waals surface area contributed by atoms with Gasteiger partial charge in [0, 0.05) is 11.6 Å². The summed E-state index contributed by atoms with van der Waals surface area (Å²) in [5, 5.41) is 0. The highest BCUT2D eigenvalue weighted by Gasteiger charge is 2.10. The molecule has 2 nitrogen and oxygen atoms in total. The molecule has 11 heavy (non-hydrogen) atoms. The molecule has 0 aliphatic carbocycles. The second kappa shape index (κ2) is 3.74. The molecule has 3 N–H and O–H groups in total. The summed E-state index contributed by atoms with van der Waals surface area (Å²) >= 11 is 12.9. The van der Waals surface area contributed by atoms with E-state index in [1.807, 2.05) is 13.0 Å². The predicted molar refractivity (Wildman–Crippen MR) is 50.1 cm³/mol. The third-order valence-electron chi connectivity index (χ3n) is 1.40. The first-order valence-electron chi connectivity index (χ1n) is 3.06. The lowest BCUT2D eigenvalue weighted by Gasteiger charge is -2.06. The van der Waals surface area contributed by atoms with Crippen LogP contribution in [0.5, 0.6) is 0 Å². The number of hydrogen-bond acceptors (Lipinski definition) is 3. The standard InChI is InChI=1S/C6H8Cl2N2S/c1-3(10-9)4-2-5(7)11-6(4)8/h2-3,10H,9H2,1H3/t3-/m1/s1. The maximum absolute atomic E-state index is 5.86. The molecule has 1 rings (SSSR count). The van der Waals surface area contributed by atoms with Gasteiger partial charge in [0.25, 0.3) is 0 Å². The summed E-state index contributed by atoms with van der Waals surface area (Å²) in [6.45, 7) is 1.92. The third kappa shape index (κ3) is 2.07. The van der Waals surface area contributed by atoms with Crippen LogP contribution >= 0.6 is 34.5 Å². The number of hydrogen-bond donors (Lipinski definition) is 2. The zero-order valence-electron chi connectivity index (χ0n) is 5.90. The van der Waals surface area contributed by atoms with Crippen molar-refractivity contribution in [1.29, 1.82) is 0 Å². The molecule has 62 valence electrons. The Morgan fingerprint density at radius 2 is 2.27 bits per heavy atom. The number of halogens is 2. The number of hydrazine groups is 1. The zero-order valence-corrected chi connectivity index (χ0v) is 8.22. The van der Waals surface area contributed by atoms with E-state index < -0.39 is 0 Å². The Morgan fingerprint density at radius 1 is 1.64 bits per heavy atom. The monoisotopic (exact) mass is 210 g/mol. The molecule has 0 aliphatic heterocycles. The van der Waals surface area contributed by atoms with Gasteiger partial charge in [-0.05, 0) is 13.0 Å². The predicted octanol–water partition coefficient (Wildman–Crippen LogP) is 2.58. The Hall–Kier alpha value is 0.200. The molecule has 1 aromatic heterocycles. The van der Waals surface area contributed by atoms with Crippen LogP contribution in [-0.2, 0) is 0 Å². The van der Waals surface area contributed by atoms with Crippen molar-refractivity contribution < 1.29 is 0 Å². The van der Waals surface area contributed by atoms with E-state index in [0.29, 0.717) is 8.67 Å². The summed E-state index contributed by atoms with van der Waals surface area (Å²) < 4.78 is 1.38. The normalized spacial score (nSPS) is 13.5. The van der Waals surface area contributed by atoms with Gasteiger partial charge in [0.2, 0.25) is 0 Å². The van der Waals surface area contributed by atoms with Crippen molar-refractivity contribution in [3.63, 3.8) is 0 Å². The minimum absolute atomic E-state index is 0.0475. The minimum Gasteiger partial charge on any atom is -0.271 e. The van der Waals surface area contributed by atoms with Gasteiger partial charge in [0.15, 0.2) is 0 Å². The van der Waals surface area contributed by atoms with Crippen LogP contribution in [0, 0.1) is 0 Å². The number of nitrogens with two attached hydrogens (primary N) is 1. The van der Waals surface area contributed by atoms with E-state index in [4.69, 9.17) is 29.0 Å². The Labute approximate surface area is 79.3 Å². The minimum atomic E-state index is 0.0475. The van der Waals surface area contributed by atoms with Crippen molar-refractivity contribution >= 4 is 34.5 Å². The summed E-state index contributed by atoms with van der Waals surface area (Å²) in [7, 11) is 0. The Morgan fingerprint density at radius 3 is 2.64 bits per heavy atom. The topological polar surface area (TPSA) is 38.0 Å². The van der Waals surface area contributed by atoms with Crippen LogP contribution in [0.25, 0.3) is 0 Å². The summed E-state index contributed by atoms with van der Waals surface area (Å²) in [6.07, 6.45) is 0. The van der Waals surface area contributed by atoms with E-state index in [0.717, 1.165) is 5.56 Å². The van der Waals surface area contributed by atoms with E-state index >= 15 is 0 Å². The average molecular weight is 211 g/mol. The fourth-order valence-corrected chi connectivity index (χ4v) is 2.38. The van der Waals surface area contributed by atoms with Gasteiger partial charge in [0.05, 0.1) is 8.67 Å². The molecule has 0 saturated carbocycles. The van der Waals surface area contributed by atoms with Crippen LogP contribution in [0.3, 0.4) is 0 Å². The second-order valence-corrected chi connectivity index (χ2v) is 4.45. The Balaban J connectivity index is 2.93. The average Bonchev–Trinajstić information content (AvgIpc) is 2.28. The van der Waals surface area contributed by atoms with Gasteiger partial charge in [-0.25, -0.2) is 0 Å². The molecular formula is C6H8Cl2N2S. The molecular weight excluding hydrogens is 203 g/mol. The summed E-state index contributed by atoms with van der Waals surface area (Å²) in [4.78, 5) is 0. The quantitative estimate of drug-likeness (QED) is 0.582. The van der Waals surface area contributed by atoms with Gasteiger partial charge in [-0.1, -0.05) is 23.2 Å². The van der Waals surface area contributed by atoms with Gasteiger partial charge < -0.3 is 0 Å². The maximum atomic E-state index is 5.86. The van der Waals surface area contributed by atoms with Gasteiger partial charge in [-0.2, -0.15) is 0 Å². The first-order chi connectivity index (χ1) is 5.15. The Bertz CT molecular complexity index is 249. The van der Waals surface area contributed by atoms with E-state index in [2.05, 4.69) is 5.43 Å². The summed E-state index contributed by atoms with van der Waals surface area (Å²) in [5.41, 5.74) is 3.55. The van der Waals surface area contributed by atoms with Crippen LogP contribution in [0.2, 0.25) is 8.67 Å². The lowest BCUT2D eigenvalue weighted by Crippen LogP contribution is -2.25. The molecule has 0 radical (unpaired) electrons. The van der Waals surface area contributed by atoms with Gasteiger partial charge >= 0.3 is 0 Å². The van der Waals surface area contributed by atoms with Gasteiger partial charge in [-0.3, -0.25) is 11.3 Å². The molecule has 1 atom stereocenters. The molecule has 1 aromatic rings. The number of nitrogens with one attached hydrogen (secondary N) is 1. The molecule has 0 bridgehead atoms. The van der Waals surface area contributed by atoms with Crippen LogP contribution in [0.15, 0.2) is 6.07 Å². The van der Waals surface area contributed by atoms with E-state index in [-0.39, 0.29) is 6.04 Å². The van der Waals surface area contributed by atoms with Gasteiger partial charge in [-0.15, -0.1) is 11.3 Å². The van der Waals surface area contributed by atoms with Crippen LogP contribution < -0.4 is 11.3 Å². The molecule has 0 unspecified atom stereocenters. The fraction of sp³-hybridized carbons (Fsp3) is 0.333. The fourth-order valence-electron chi connectivity index (χ4n) is 0.738. The maximum Gasteiger partial charge on any atom is 0.0992 e. The smallest absolute Gasteiger partial charge is 0.0992 e. The van der Waals surface area contributed by atoms with Crippen molar-refractivity contribution in [2.45, 2.75) is 13.0 Å². The third-order valence-corrected chi connectivity index (χ3v) is 2.92. The van der Waals surface area contributed by atoms with E-state index in [9.17, 15) is 0 Å². The Kier molecular flexibility index (Phi) is 3.16. The first kappa shape index (κ1) is 9.29. The lowest BCUT2D eigenvalue weighted by atomic mass is 10.2. The van der Waals surface area contributed by atoms with E-state index in [1.54, 1.807) is 0 Å². The van der Waals surface area contributed by atoms with Crippen LogP contribution in [0.1, 0.15) is 18.5 Å². The first-order valence-corrected chi connectivity index (χ1v) is 4.63. The summed E-state index contributed by atoms with van der Waals surface area (Å²) in [5.74, 6) is 5.24. The molecule has 0 aromatic carbocycles. The molecule has 0 fully saturated rings. The van der Waals surface area contributed by atoms with Gasteiger partial charge in [0.1, 0.15) is 0 Å². The largest absolute Gasteiger partial charge is 0.271 e. The SMILES string of the molecule is C[C@@H](NN)c1cc(Cl)sc1Cl. The van der Waals surface area contributed by atoms with Crippen LogP contribution in [0.4, 0.5) is 0 Å². The summed E-state index contributed by atoms with van der Waals surface area (Å²) in [6, 6.07) is 1.87. The molecule has 0 amide bonds. The van der Waals surface area contributed by atoms with Crippen molar-refractivity contribution in [2.75, 3.05) is 0 Å². The van der Waals surface area contributed by atoms with Crippen molar-refractivity contribution in [2.24, 2.45) is 5.84 Å². The molecule has 5 heteroatoms. The zero-order chi connectivity index (χ0) is 8.43. The van der Waals surface area contributed by atoms with Crippen molar-refractivity contribution in [3.05, 3.63) is 20.3 Å². The molecule has 0 saturated heterocycles. The highest BCUT2D eigenvalue weighted by molar-refractivity contribution is 7.20. The van der Waals surface area contributed by atoms with E-state index in [1.165, 1.54) is 11.3 Å². The second-order valence-electron chi connectivity index (χ2n) is 2.17. The molecule has 0 aliphatic rings.